The van der Waals surface area contributed by atoms with Gasteiger partial charge in [-0.05, 0) is 107 Å². The van der Waals surface area contributed by atoms with Gasteiger partial charge in [-0.2, -0.15) is 0 Å². The van der Waals surface area contributed by atoms with Crippen LogP contribution in [0.15, 0.2) is 146 Å². The van der Waals surface area contributed by atoms with Crippen molar-refractivity contribution in [3.63, 3.8) is 0 Å². The minimum Gasteiger partial charge on any atom is -0.384 e. The van der Waals surface area contributed by atoms with Gasteiger partial charge < -0.3 is 16.0 Å². The van der Waals surface area contributed by atoms with Gasteiger partial charge in [0.1, 0.15) is 0 Å². The zero-order valence-corrected chi connectivity index (χ0v) is 31.6. The Bertz CT molecular complexity index is 1750. The van der Waals surface area contributed by atoms with Gasteiger partial charge in [0.2, 0.25) is 0 Å². The van der Waals surface area contributed by atoms with Crippen molar-refractivity contribution >= 4 is 51.9 Å². The highest BCUT2D eigenvalue weighted by atomic mass is 35.5. The Morgan fingerprint density at radius 2 is 0.615 bits per heavy atom. The molecule has 0 aliphatic carbocycles. The molecule has 0 radical (unpaired) electrons. The molecular weight excluding hydrogens is 703 g/mol. The monoisotopic (exact) mass is 746 g/mol. The first-order valence-corrected chi connectivity index (χ1v) is 19.0. The zero-order valence-electron chi connectivity index (χ0n) is 29.3. The standard InChI is InChI=1S/C45H45Cl3N4/c46-40-19-13-34(14-20-40)31-37-7-1-4-10-43(37)49-25-28-52(29-26-50-44-11-5-2-8-38(44)32-35-15-21-41(47)22-16-35)30-27-51-45-12-6-3-9-39(45)33-36-17-23-42(48)24-18-36/h1-24,49-51H,25-33H2. The average Bonchev–Trinajstić information content (AvgIpc) is 3.16. The SMILES string of the molecule is Clc1ccc(Cc2ccccc2NCCN(CCNc2ccccc2Cc2ccc(Cl)cc2)CCNc2ccccc2Cc2ccc(Cl)cc2)cc1. The van der Waals surface area contributed by atoms with Crippen LogP contribution in [0.4, 0.5) is 17.1 Å². The zero-order chi connectivity index (χ0) is 36.0. The van der Waals surface area contributed by atoms with E-state index in [4.69, 9.17) is 34.8 Å². The van der Waals surface area contributed by atoms with Gasteiger partial charge in [-0.25, -0.2) is 0 Å². The Morgan fingerprint density at radius 3 is 0.904 bits per heavy atom. The van der Waals surface area contributed by atoms with Crippen molar-refractivity contribution in [1.29, 1.82) is 0 Å². The molecule has 0 bridgehead atoms. The second-order valence-electron chi connectivity index (χ2n) is 13.0. The molecule has 0 fully saturated rings. The van der Waals surface area contributed by atoms with Crippen molar-refractivity contribution in [1.82, 2.24) is 4.90 Å². The molecule has 0 heterocycles. The molecular formula is C45H45Cl3N4. The number of rotatable bonds is 18. The summed E-state index contributed by atoms with van der Waals surface area (Å²) < 4.78 is 0. The largest absolute Gasteiger partial charge is 0.384 e. The van der Waals surface area contributed by atoms with E-state index in [1.165, 1.54) is 50.4 Å². The summed E-state index contributed by atoms with van der Waals surface area (Å²) in [6.45, 7) is 5.19. The lowest BCUT2D eigenvalue weighted by Crippen LogP contribution is -2.36. The van der Waals surface area contributed by atoms with Crippen LogP contribution in [0, 0.1) is 0 Å². The number of hydrogen-bond donors (Lipinski definition) is 3. The Hall–Kier alpha value is -4.45. The maximum absolute atomic E-state index is 6.14. The molecule has 0 aromatic heterocycles. The highest BCUT2D eigenvalue weighted by Crippen LogP contribution is 2.23. The van der Waals surface area contributed by atoms with Crippen LogP contribution in [-0.2, 0) is 19.3 Å². The lowest BCUT2D eigenvalue weighted by Gasteiger charge is -2.25. The average molecular weight is 748 g/mol. The molecule has 6 aromatic carbocycles. The Balaban J connectivity index is 1.09. The molecule has 0 spiro atoms. The van der Waals surface area contributed by atoms with Crippen molar-refractivity contribution in [3.8, 4) is 0 Å². The first-order valence-electron chi connectivity index (χ1n) is 17.9. The van der Waals surface area contributed by atoms with E-state index >= 15 is 0 Å². The highest BCUT2D eigenvalue weighted by molar-refractivity contribution is 6.31. The van der Waals surface area contributed by atoms with Crippen LogP contribution in [-0.4, -0.2) is 44.2 Å². The van der Waals surface area contributed by atoms with Gasteiger partial charge in [-0.1, -0.05) is 126 Å². The summed E-state index contributed by atoms with van der Waals surface area (Å²) in [5.74, 6) is 0. The fraction of sp³-hybridized carbons (Fsp3) is 0.200. The van der Waals surface area contributed by atoms with Crippen LogP contribution in [0.5, 0.6) is 0 Å². The Kier molecular flexibility index (Phi) is 13.9. The number of anilines is 3. The topological polar surface area (TPSA) is 39.3 Å². The van der Waals surface area contributed by atoms with E-state index in [-0.39, 0.29) is 0 Å². The number of para-hydroxylation sites is 3. The van der Waals surface area contributed by atoms with Crippen molar-refractivity contribution in [2.45, 2.75) is 19.3 Å². The summed E-state index contributed by atoms with van der Waals surface area (Å²) in [5, 5.41) is 13.5. The molecule has 0 saturated carbocycles. The summed E-state index contributed by atoms with van der Waals surface area (Å²) in [4.78, 5) is 2.53. The second kappa shape index (κ2) is 19.4. The van der Waals surface area contributed by atoms with Gasteiger partial charge in [-0.3, -0.25) is 4.90 Å². The van der Waals surface area contributed by atoms with Crippen LogP contribution in [0.25, 0.3) is 0 Å². The molecule has 6 aromatic rings. The van der Waals surface area contributed by atoms with Crippen LogP contribution in [0.1, 0.15) is 33.4 Å². The normalized spacial score (nSPS) is 11.1. The Morgan fingerprint density at radius 1 is 0.346 bits per heavy atom. The van der Waals surface area contributed by atoms with E-state index in [0.717, 1.165) is 73.6 Å². The van der Waals surface area contributed by atoms with Crippen LogP contribution < -0.4 is 16.0 Å². The summed E-state index contributed by atoms with van der Waals surface area (Å²) in [6, 6.07) is 50.1. The summed E-state index contributed by atoms with van der Waals surface area (Å²) in [7, 11) is 0. The van der Waals surface area contributed by atoms with Crippen LogP contribution in [0.3, 0.4) is 0 Å². The van der Waals surface area contributed by atoms with Gasteiger partial charge in [0.05, 0.1) is 0 Å². The predicted molar refractivity (Wildman–Crippen MR) is 224 cm³/mol. The summed E-state index contributed by atoms with van der Waals surface area (Å²) in [5.41, 5.74) is 11.0. The lowest BCUT2D eigenvalue weighted by atomic mass is 10.0. The summed E-state index contributed by atoms with van der Waals surface area (Å²) in [6.07, 6.45) is 2.55. The van der Waals surface area contributed by atoms with Crippen LogP contribution in [0.2, 0.25) is 15.1 Å². The molecule has 0 saturated heterocycles. The third-order valence-corrected chi connectivity index (χ3v) is 9.96. The van der Waals surface area contributed by atoms with Crippen LogP contribution >= 0.6 is 34.8 Å². The first kappa shape index (κ1) is 37.3. The van der Waals surface area contributed by atoms with Gasteiger partial charge in [0.25, 0.3) is 0 Å². The van der Waals surface area contributed by atoms with Gasteiger partial charge >= 0.3 is 0 Å². The predicted octanol–water partition coefficient (Wildman–Crippen LogP) is 11.4. The van der Waals surface area contributed by atoms with E-state index in [2.05, 4.69) is 130 Å². The molecule has 7 heteroatoms. The van der Waals surface area contributed by atoms with Crippen molar-refractivity contribution in [2.75, 3.05) is 55.2 Å². The fourth-order valence-corrected chi connectivity index (χ4v) is 6.77. The maximum atomic E-state index is 6.14. The van der Waals surface area contributed by atoms with Gasteiger partial charge in [0, 0.05) is 71.4 Å². The molecule has 4 nitrogen and oxygen atoms in total. The molecule has 0 atom stereocenters. The second-order valence-corrected chi connectivity index (χ2v) is 14.3. The van der Waals surface area contributed by atoms with E-state index in [0.29, 0.717) is 0 Å². The molecule has 6 rings (SSSR count). The van der Waals surface area contributed by atoms with E-state index in [1.54, 1.807) is 0 Å². The minimum atomic E-state index is 0.759. The lowest BCUT2D eigenvalue weighted by molar-refractivity contribution is 0.306. The van der Waals surface area contributed by atoms with Crippen molar-refractivity contribution in [3.05, 3.63) is 194 Å². The van der Waals surface area contributed by atoms with Gasteiger partial charge in [0.15, 0.2) is 0 Å². The third-order valence-electron chi connectivity index (χ3n) is 9.21. The molecule has 0 amide bonds. The fourth-order valence-electron chi connectivity index (χ4n) is 6.39. The molecule has 3 N–H and O–H groups in total. The summed E-state index contributed by atoms with van der Waals surface area (Å²) >= 11 is 18.4. The first-order chi connectivity index (χ1) is 25.5. The van der Waals surface area contributed by atoms with Gasteiger partial charge in [-0.15, -0.1) is 0 Å². The molecule has 266 valence electrons. The number of hydrogen-bond acceptors (Lipinski definition) is 4. The third kappa shape index (κ3) is 11.5. The van der Waals surface area contributed by atoms with Crippen molar-refractivity contribution in [2.24, 2.45) is 0 Å². The van der Waals surface area contributed by atoms with Crippen molar-refractivity contribution < 1.29 is 0 Å². The van der Waals surface area contributed by atoms with E-state index in [9.17, 15) is 0 Å². The highest BCUT2D eigenvalue weighted by Gasteiger charge is 2.10. The quantitative estimate of drug-likeness (QED) is 0.0819. The molecule has 0 aliphatic rings. The number of nitrogens with one attached hydrogen (secondary N) is 3. The maximum Gasteiger partial charge on any atom is 0.0406 e. The van der Waals surface area contributed by atoms with E-state index in [1.807, 2.05) is 36.4 Å². The van der Waals surface area contributed by atoms with E-state index < -0.39 is 0 Å². The number of nitrogens with zero attached hydrogens (tertiary/aromatic N) is 1. The smallest absolute Gasteiger partial charge is 0.0406 e. The minimum absolute atomic E-state index is 0.759. The molecule has 52 heavy (non-hydrogen) atoms. The number of benzene rings is 6. The molecule has 0 aliphatic heterocycles. The number of halogens is 3. The molecule has 0 unspecified atom stereocenters. The Labute approximate surface area is 323 Å².